The van der Waals surface area contributed by atoms with E-state index in [9.17, 15) is 9.59 Å². The van der Waals surface area contributed by atoms with Crippen LogP contribution in [0.3, 0.4) is 0 Å². The molecule has 23 heavy (non-hydrogen) atoms. The van der Waals surface area contributed by atoms with Gasteiger partial charge in [-0.05, 0) is 51.5 Å². The van der Waals surface area contributed by atoms with Crippen LogP contribution in [0.4, 0.5) is 5.00 Å². The van der Waals surface area contributed by atoms with Gasteiger partial charge in [-0.2, -0.15) is 0 Å². The first kappa shape index (κ1) is 17.7. The Labute approximate surface area is 141 Å². The Morgan fingerprint density at radius 3 is 2.70 bits per heavy atom. The highest BCUT2D eigenvalue weighted by molar-refractivity contribution is 7.17. The van der Waals surface area contributed by atoms with Gasteiger partial charge in [0.1, 0.15) is 5.00 Å². The Hall–Kier alpha value is -1.62. The molecule has 0 aliphatic heterocycles. The number of hydrogen-bond donors (Lipinski definition) is 1. The molecule has 1 atom stereocenters. The van der Waals surface area contributed by atoms with Gasteiger partial charge in [0.2, 0.25) is 5.91 Å². The Morgan fingerprint density at radius 1 is 1.35 bits per heavy atom. The van der Waals surface area contributed by atoms with Gasteiger partial charge in [0.15, 0.2) is 0 Å². The van der Waals surface area contributed by atoms with E-state index < -0.39 is 0 Å². The van der Waals surface area contributed by atoms with Crippen LogP contribution in [-0.4, -0.2) is 18.5 Å². The van der Waals surface area contributed by atoms with E-state index in [-0.39, 0.29) is 11.9 Å². The zero-order chi connectivity index (χ0) is 17.0. The van der Waals surface area contributed by atoms with Crippen LogP contribution in [0.5, 0.6) is 0 Å². The molecule has 0 fully saturated rings. The molecular weight excluding hydrogens is 310 g/mol. The number of fused-ring (bicyclic) bond motifs is 1. The highest BCUT2D eigenvalue weighted by Gasteiger charge is 2.29. The largest absolute Gasteiger partial charge is 0.462 e. The average molecular weight is 335 g/mol. The molecule has 0 radical (unpaired) electrons. The van der Waals surface area contributed by atoms with Crippen molar-refractivity contribution in [1.82, 2.24) is 0 Å². The lowest BCUT2D eigenvalue weighted by Crippen LogP contribution is -2.16. The van der Waals surface area contributed by atoms with Crippen LogP contribution in [0.15, 0.2) is 11.6 Å². The maximum absolute atomic E-state index is 12.4. The zero-order valence-electron chi connectivity index (χ0n) is 14.3. The smallest absolute Gasteiger partial charge is 0.341 e. The van der Waals surface area contributed by atoms with E-state index in [1.165, 1.54) is 16.2 Å². The van der Waals surface area contributed by atoms with Crippen LogP contribution in [-0.2, 0) is 22.4 Å². The fraction of sp³-hybridized carbons (Fsp3) is 0.556. The molecule has 1 heterocycles. The topological polar surface area (TPSA) is 55.4 Å². The fourth-order valence-electron chi connectivity index (χ4n) is 2.92. The van der Waals surface area contributed by atoms with Crippen LogP contribution < -0.4 is 5.32 Å². The van der Waals surface area contributed by atoms with E-state index in [1.807, 2.05) is 13.8 Å². The van der Waals surface area contributed by atoms with Crippen molar-refractivity contribution < 1.29 is 14.3 Å². The molecule has 126 valence electrons. The molecule has 0 saturated heterocycles. The third kappa shape index (κ3) is 4.22. The summed E-state index contributed by atoms with van der Waals surface area (Å²) in [4.78, 5) is 25.6. The first-order chi connectivity index (χ1) is 11.0. The van der Waals surface area contributed by atoms with E-state index in [4.69, 9.17) is 4.74 Å². The summed E-state index contributed by atoms with van der Waals surface area (Å²) < 4.78 is 5.21. The van der Waals surface area contributed by atoms with Crippen molar-refractivity contribution >= 4 is 28.2 Å². The molecule has 5 heteroatoms. The average Bonchev–Trinajstić information content (AvgIpc) is 2.82. The number of anilines is 1. The van der Waals surface area contributed by atoms with Crippen molar-refractivity contribution in [3.8, 4) is 0 Å². The molecule has 1 aliphatic carbocycles. The third-order valence-electron chi connectivity index (χ3n) is 4.08. The van der Waals surface area contributed by atoms with Gasteiger partial charge in [0, 0.05) is 11.0 Å². The molecule has 0 spiro atoms. The van der Waals surface area contributed by atoms with Gasteiger partial charge >= 0.3 is 5.97 Å². The Bertz CT molecular complexity index is 626. The summed E-state index contributed by atoms with van der Waals surface area (Å²) in [5.41, 5.74) is 2.56. The number of nitrogens with one attached hydrogen (secondary N) is 1. The number of hydrogen-bond acceptors (Lipinski definition) is 4. The Morgan fingerprint density at radius 2 is 2.09 bits per heavy atom. The lowest BCUT2D eigenvalue weighted by molar-refractivity contribution is -0.111. The predicted octanol–water partition coefficient (Wildman–Crippen LogP) is 4.34. The predicted molar refractivity (Wildman–Crippen MR) is 94.1 cm³/mol. The SMILES string of the molecule is CCOC(=O)c1c(NC(=O)C=C(C)C)sc2c1CC[C@@H](CC)C2. The van der Waals surface area contributed by atoms with Gasteiger partial charge in [-0.3, -0.25) is 4.79 Å². The van der Waals surface area contributed by atoms with Crippen molar-refractivity contribution in [3.05, 3.63) is 27.7 Å². The van der Waals surface area contributed by atoms with Crippen LogP contribution in [0.1, 0.15) is 61.3 Å². The summed E-state index contributed by atoms with van der Waals surface area (Å²) in [6.07, 6.45) is 5.65. The maximum Gasteiger partial charge on any atom is 0.341 e. The molecule has 2 rings (SSSR count). The lowest BCUT2D eigenvalue weighted by atomic mass is 9.85. The summed E-state index contributed by atoms with van der Waals surface area (Å²) in [6, 6.07) is 0. The molecule has 1 aliphatic rings. The molecule has 0 aromatic carbocycles. The molecule has 0 bridgehead atoms. The summed E-state index contributed by atoms with van der Waals surface area (Å²) in [6.45, 7) is 8.08. The molecule has 4 nitrogen and oxygen atoms in total. The van der Waals surface area contributed by atoms with Gasteiger partial charge in [-0.25, -0.2) is 4.79 Å². The highest BCUT2D eigenvalue weighted by Crippen LogP contribution is 2.40. The van der Waals surface area contributed by atoms with Gasteiger partial charge in [-0.15, -0.1) is 11.3 Å². The second kappa shape index (κ2) is 7.77. The minimum absolute atomic E-state index is 0.193. The van der Waals surface area contributed by atoms with Gasteiger partial charge in [0.05, 0.1) is 12.2 Å². The van der Waals surface area contributed by atoms with E-state index in [0.717, 1.165) is 36.8 Å². The van der Waals surface area contributed by atoms with E-state index >= 15 is 0 Å². The van der Waals surface area contributed by atoms with Crippen molar-refractivity contribution in [2.24, 2.45) is 5.92 Å². The number of amides is 1. The number of thiophene rings is 1. The molecule has 0 unspecified atom stereocenters. The summed E-state index contributed by atoms with van der Waals surface area (Å²) in [5.74, 6) is 0.145. The quantitative estimate of drug-likeness (QED) is 0.643. The highest BCUT2D eigenvalue weighted by atomic mass is 32.1. The molecule has 1 aromatic rings. The first-order valence-electron chi connectivity index (χ1n) is 8.23. The van der Waals surface area contributed by atoms with Crippen LogP contribution >= 0.6 is 11.3 Å². The fourth-order valence-corrected chi connectivity index (χ4v) is 4.27. The maximum atomic E-state index is 12.4. The van der Waals surface area contributed by atoms with Crippen molar-refractivity contribution in [2.45, 2.75) is 53.4 Å². The second-order valence-electron chi connectivity index (χ2n) is 6.16. The minimum atomic E-state index is -0.326. The Balaban J connectivity index is 2.36. The standard InChI is InChI=1S/C18H25NO3S/c1-5-12-7-8-13-14(10-12)23-17(16(13)18(21)22-6-2)19-15(20)9-11(3)4/h9,12H,5-8,10H2,1-4H3,(H,19,20)/t12-/m1/s1. The minimum Gasteiger partial charge on any atom is -0.462 e. The molecule has 1 aromatic heterocycles. The lowest BCUT2D eigenvalue weighted by Gasteiger charge is -2.20. The number of ether oxygens (including phenoxy) is 1. The number of rotatable bonds is 5. The van der Waals surface area contributed by atoms with E-state index in [2.05, 4.69) is 12.2 Å². The number of esters is 1. The second-order valence-corrected chi connectivity index (χ2v) is 7.26. The van der Waals surface area contributed by atoms with Crippen molar-refractivity contribution in [3.63, 3.8) is 0 Å². The molecule has 1 N–H and O–H groups in total. The van der Waals surface area contributed by atoms with E-state index in [0.29, 0.717) is 23.1 Å². The summed E-state index contributed by atoms with van der Waals surface area (Å²) >= 11 is 1.53. The third-order valence-corrected chi connectivity index (χ3v) is 5.25. The van der Waals surface area contributed by atoms with Crippen molar-refractivity contribution in [2.75, 3.05) is 11.9 Å². The van der Waals surface area contributed by atoms with Crippen LogP contribution in [0.2, 0.25) is 0 Å². The normalized spacial score (nSPS) is 16.4. The monoisotopic (exact) mass is 335 g/mol. The van der Waals surface area contributed by atoms with Gasteiger partial charge in [-0.1, -0.05) is 18.9 Å². The van der Waals surface area contributed by atoms with Crippen LogP contribution in [0, 0.1) is 5.92 Å². The number of carbonyl (C=O) groups excluding carboxylic acids is 2. The molecule has 0 saturated carbocycles. The van der Waals surface area contributed by atoms with Crippen molar-refractivity contribution in [1.29, 1.82) is 0 Å². The number of carbonyl (C=O) groups is 2. The zero-order valence-corrected chi connectivity index (χ0v) is 15.1. The first-order valence-corrected chi connectivity index (χ1v) is 9.05. The Kier molecular flexibility index (Phi) is 5.99. The summed E-state index contributed by atoms with van der Waals surface area (Å²) in [7, 11) is 0. The number of allylic oxidation sites excluding steroid dienone is 1. The van der Waals surface area contributed by atoms with Crippen LogP contribution in [0.25, 0.3) is 0 Å². The van der Waals surface area contributed by atoms with Gasteiger partial charge in [0.25, 0.3) is 0 Å². The molecule has 1 amide bonds. The molecular formula is C18H25NO3S. The van der Waals surface area contributed by atoms with E-state index in [1.54, 1.807) is 13.0 Å². The summed E-state index contributed by atoms with van der Waals surface area (Å²) in [5, 5.41) is 3.51. The van der Waals surface area contributed by atoms with Gasteiger partial charge < -0.3 is 10.1 Å².